The molecule has 0 radical (unpaired) electrons. The molecular weight excluding hydrogens is 264 g/mol. The Balaban J connectivity index is 1.90. The molecule has 0 spiro atoms. The van der Waals surface area contributed by atoms with Gasteiger partial charge < -0.3 is 11.1 Å². The normalized spacial score (nSPS) is 17.1. The van der Waals surface area contributed by atoms with Gasteiger partial charge >= 0.3 is 0 Å². The molecule has 1 heterocycles. The van der Waals surface area contributed by atoms with Gasteiger partial charge in [-0.25, -0.2) is 9.97 Å². The lowest BCUT2D eigenvalue weighted by Gasteiger charge is -2.25. The first-order valence-electron chi connectivity index (χ1n) is 7.18. The summed E-state index contributed by atoms with van der Waals surface area (Å²) in [6.45, 7) is 0.00872. The number of fused-ring (bicyclic) bond motifs is 1. The second kappa shape index (κ2) is 6.01. The van der Waals surface area contributed by atoms with Gasteiger partial charge in [-0.3, -0.25) is 4.79 Å². The van der Waals surface area contributed by atoms with Crippen LogP contribution in [0.2, 0.25) is 0 Å². The van der Waals surface area contributed by atoms with Crippen molar-refractivity contribution in [3.63, 3.8) is 0 Å². The highest BCUT2D eigenvalue weighted by molar-refractivity contribution is 5.78. The second-order valence-electron chi connectivity index (χ2n) is 5.18. The molecule has 0 saturated carbocycles. The number of rotatable bonds is 3. The van der Waals surface area contributed by atoms with Crippen molar-refractivity contribution in [1.82, 2.24) is 15.3 Å². The minimum atomic E-state index is -0.139. The SMILES string of the molecule is NCC(=O)N[C@@H]1CCCc2nc(-c3ccccc3)ncc21. The number of hydrogen-bond donors (Lipinski definition) is 2. The molecule has 108 valence electrons. The third-order valence-corrected chi connectivity index (χ3v) is 3.73. The summed E-state index contributed by atoms with van der Waals surface area (Å²) in [5.41, 5.74) is 8.42. The molecule has 1 aromatic carbocycles. The lowest BCUT2D eigenvalue weighted by Crippen LogP contribution is -2.35. The van der Waals surface area contributed by atoms with E-state index in [0.29, 0.717) is 0 Å². The fourth-order valence-electron chi connectivity index (χ4n) is 2.68. The quantitative estimate of drug-likeness (QED) is 0.896. The summed E-state index contributed by atoms with van der Waals surface area (Å²) in [5.74, 6) is 0.597. The van der Waals surface area contributed by atoms with Gasteiger partial charge in [-0.1, -0.05) is 30.3 Å². The lowest BCUT2D eigenvalue weighted by atomic mass is 9.92. The molecule has 21 heavy (non-hydrogen) atoms. The minimum absolute atomic E-state index is 0.00872. The van der Waals surface area contributed by atoms with Gasteiger partial charge in [-0.05, 0) is 19.3 Å². The zero-order chi connectivity index (χ0) is 14.7. The molecule has 2 aromatic rings. The summed E-state index contributed by atoms with van der Waals surface area (Å²) in [7, 11) is 0. The van der Waals surface area contributed by atoms with E-state index in [4.69, 9.17) is 5.73 Å². The van der Waals surface area contributed by atoms with Crippen molar-refractivity contribution in [1.29, 1.82) is 0 Å². The van der Waals surface area contributed by atoms with Crippen LogP contribution in [0.4, 0.5) is 0 Å². The summed E-state index contributed by atoms with van der Waals surface area (Å²) in [5, 5.41) is 2.94. The van der Waals surface area contributed by atoms with Gasteiger partial charge in [0.15, 0.2) is 5.82 Å². The largest absolute Gasteiger partial charge is 0.348 e. The number of nitrogens with zero attached hydrogens (tertiary/aromatic N) is 2. The Morgan fingerprint density at radius 2 is 2.14 bits per heavy atom. The predicted molar refractivity (Wildman–Crippen MR) is 80.3 cm³/mol. The molecule has 0 saturated heterocycles. The van der Waals surface area contributed by atoms with E-state index in [1.165, 1.54) is 0 Å². The van der Waals surface area contributed by atoms with Crippen LogP contribution in [-0.2, 0) is 11.2 Å². The zero-order valence-corrected chi connectivity index (χ0v) is 11.7. The maximum atomic E-state index is 11.5. The van der Waals surface area contributed by atoms with Gasteiger partial charge in [0.05, 0.1) is 12.6 Å². The Morgan fingerprint density at radius 3 is 2.90 bits per heavy atom. The van der Waals surface area contributed by atoms with Crippen molar-refractivity contribution in [2.75, 3.05) is 6.54 Å². The molecule has 0 unspecified atom stereocenters. The summed E-state index contributed by atoms with van der Waals surface area (Å²) in [6, 6.07) is 9.90. The molecule has 1 atom stereocenters. The van der Waals surface area contributed by atoms with Crippen molar-refractivity contribution in [3.8, 4) is 11.4 Å². The van der Waals surface area contributed by atoms with Crippen molar-refractivity contribution in [3.05, 3.63) is 47.8 Å². The fourth-order valence-corrected chi connectivity index (χ4v) is 2.68. The molecule has 3 rings (SSSR count). The van der Waals surface area contributed by atoms with E-state index in [9.17, 15) is 4.79 Å². The van der Waals surface area contributed by atoms with Gasteiger partial charge in [0.1, 0.15) is 0 Å². The van der Waals surface area contributed by atoms with Crippen LogP contribution in [0.1, 0.15) is 30.1 Å². The first kappa shape index (κ1) is 13.7. The van der Waals surface area contributed by atoms with Crippen LogP contribution >= 0.6 is 0 Å². The molecule has 5 heteroatoms. The average molecular weight is 282 g/mol. The molecule has 1 aromatic heterocycles. The van der Waals surface area contributed by atoms with Gasteiger partial charge in [-0.2, -0.15) is 0 Å². The first-order valence-corrected chi connectivity index (χ1v) is 7.18. The third kappa shape index (κ3) is 2.92. The van der Waals surface area contributed by atoms with Gasteiger partial charge in [0.25, 0.3) is 0 Å². The number of aromatic nitrogens is 2. The molecule has 0 bridgehead atoms. The van der Waals surface area contributed by atoms with Crippen LogP contribution in [0.5, 0.6) is 0 Å². The predicted octanol–water partition coefficient (Wildman–Crippen LogP) is 1.60. The Kier molecular flexibility index (Phi) is 3.92. The van der Waals surface area contributed by atoms with E-state index >= 15 is 0 Å². The van der Waals surface area contributed by atoms with Crippen molar-refractivity contribution in [2.24, 2.45) is 5.73 Å². The number of nitrogens with two attached hydrogens (primary N) is 1. The number of hydrogen-bond acceptors (Lipinski definition) is 4. The van der Waals surface area contributed by atoms with Crippen LogP contribution in [0.3, 0.4) is 0 Å². The van der Waals surface area contributed by atoms with Crippen molar-refractivity contribution >= 4 is 5.91 Å². The highest BCUT2D eigenvalue weighted by Crippen LogP contribution is 2.29. The zero-order valence-electron chi connectivity index (χ0n) is 11.7. The Hall–Kier alpha value is -2.27. The number of carbonyl (C=O) groups excluding carboxylic acids is 1. The van der Waals surface area contributed by atoms with Crippen LogP contribution in [0, 0.1) is 0 Å². The van der Waals surface area contributed by atoms with E-state index in [1.54, 1.807) is 0 Å². The molecule has 1 amide bonds. The summed E-state index contributed by atoms with van der Waals surface area (Å²) in [4.78, 5) is 20.6. The molecule has 5 nitrogen and oxygen atoms in total. The number of nitrogens with one attached hydrogen (secondary N) is 1. The topological polar surface area (TPSA) is 80.9 Å². The Bertz CT molecular complexity index is 642. The molecule has 3 N–H and O–H groups in total. The van der Waals surface area contributed by atoms with Gasteiger partial charge in [-0.15, -0.1) is 0 Å². The van der Waals surface area contributed by atoms with Crippen LogP contribution < -0.4 is 11.1 Å². The summed E-state index contributed by atoms with van der Waals surface area (Å²) < 4.78 is 0. The fraction of sp³-hybridized carbons (Fsp3) is 0.312. The van der Waals surface area contributed by atoms with Crippen LogP contribution in [0.15, 0.2) is 36.5 Å². The highest BCUT2D eigenvalue weighted by Gasteiger charge is 2.23. The Morgan fingerprint density at radius 1 is 1.33 bits per heavy atom. The maximum Gasteiger partial charge on any atom is 0.234 e. The average Bonchev–Trinajstić information content (AvgIpc) is 2.55. The lowest BCUT2D eigenvalue weighted by molar-refractivity contribution is -0.120. The number of aryl methyl sites for hydroxylation is 1. The maximum absolute atomic E-state index is 11.5. The molecule has 0 fully saturated rings. The van der Waals surface area contributed by atoms with E-state index in [-0.39, 0.29) is 18.5 Å². The monoisotopic (exact) mass is 282 g/mol. The van der Waals surface area contributed by atoms with Crippen molar-refractivity contribution in [2.45, 2.75) is 25.3 Å². The highest BCUT2D eigenvalue weighted by atomic mass is 16.1. The molecule has 1 aliphatic carbocycles. The number of benzene rings is 1. The third-order valence-electron chi connectivity index (χ3n) is 3.73. The van der Waals surface area contributed by atoms with E-state index in [0.717, 1.165) is 41.9 Å². The van der Waals surface area contributed by atoms with Gasteiger partial charge in [0.2, 0.25) is 5.91 Å². The smallest absolute Gasteiger partial charge is 0.234 e. The minimum Gasteiger partial charge on any atom is -0.348 e. The first-order chi connectivity index (χ1) is 10.3. The van der Waals surface area contributed by atoms with E-state index in [2.05, 4.69) is 15.3 Å². The summed E-state index contributed by atoms with van der Waals surface area (Å²) in [6.07, 6.45) is 4.68. The van der Waals surface area contributed by atoms with Crippen LogP contribution in [-0.4, -0.2) is 22.4 Å². The van der Waals surface area contributed by atoms with Crippen LogP contribution in [0.25, 0.3) is 11.4 Å². The molecule has 0 aliphatic heterocycles. The van der Waals surface area contributed by atoms with Crippen molar-refractivity contribution < 1.29 is 4.79 Å². The second-order valence-corrected chi connectivity index (χ2v) is 5.18. The summed E-state index contributed by atoms with van der Waals surface area (Å²) >= 11 is 0. The molecular formula is C16H18N4O. The van der Waals surface area contributed by atoms with Gasteiger partial charge in [0, 0.05) is 23.0 Å². The number of amides is 1. The standard InChI is InChI=1S/C16H18N4O/c17-9-15(21)19-13-7-4-8-14-12(13)10-18-16(20-14)11-5-2-1-3-6-11/h1-3,5-6,10,13H,4,7-9,17H2,(H,19,21)/t13-/m1/s1. The number of carbonyl (C=O) groups is 1. The Labute approximate surface area is 123 Å². The molecule has 1 aliphatic rings. The van der Waals surface area contributed by atoms with E-state index in [1.807, 2.05) is 36.5 Å². The van der Waals surface area contributed by atoms with E-state index < -0.39 is 0 Å².